The van der Waals surface area contributed by atoms with Crippen molar-refractivity contribution in [3.8, 4) is 23.0 Å². The molecule has 0 atom stereocenters. The largest absolute Gasteiger partial charge is 0.493 e. The maximum Gasteiger partial charge on any atom is 0.273 e. The van der Waals surface area contributed by atoms with E-state index in [2.05, 4.69) is 10.2 Å². The third-order valence-electron chi connectivity index (χ3n) is 3.50. The molecule has 0 aliphatic heterocycles. The average Bonchev–Trinajstić information content (AvgIpc) is 3.15. The summed E-state index contributed by atoms with van der Waals surface area (Å²) >= 11 is 0. The van der Waals surface area contributed by atoms with Crippen molar-refractivity contribution in [1.29, 1.82) is 0 Å². The van der Waals surface area contributed by atoms with Gasteiger partial charge in [0.05, 0.1) is 23.0 Å². The number of nitrogens with zero attached hydrogens (tertiary/aromatic N) is 4. The summed E-state index contributed by atoms with van der Waals surface area (Å²) in [6.07, 6.45) is 0. The van der Waals surface area contributed by atoms with Crippen molar-refractivity contribution in [1.82, 2.24) is 10.2 Å². The molecule has 0 bridgehead atoms. The van der Waals surface area contributed by atoms with Gasteiger partial charge < -0.3 is 13.9 Å². The molecule has 3 aromatic rings. The second-order valence-electron chi connectivity index (χ2n) is 5.19. The minimum Gasteiger partial charge on any atom is -0.493 e. The molecule has 3 rings (SSSR count). The van der Waals surface area contributed by atoms with E-state index >= 15 is 0 Å². The highest BCUT2D eigenvalue weighted by Crippen LogP contribution is 2.32. The first-order chi connectivity index (χ1) is 13.0. The molecule has 2 aromatic carbocycles. The van der Waals surface area contributed by atoms with Crippen molar-refractivity contribution < 1.29 is 23.7 Å². The van der Waals surface area contributed by atoms with E-state index in [0.717, 1.165) is 0 Å². The number of ether oxygens (including phenoxy) is 2. The molecule has 0 aliphatic rings. The summed E-state index contributed by atoms with van der Waals surface area (Å²) in [5.74, 6) is 0.754. The van der Waals surface area contributed by atoms with Crippen LogP contribution in [0.4, 0.5) is 11.4 Å². The molecule has 1 aromatic heterocycles. The molecule has 11 heteroatoms. The lowest BCUT2D eigenvalue weighted by molar-refractivity contribution is -0.385. The summed E-state index contributed by atoms with van der Waals surface area (Å²) in [7, 11) is 1.41. The highest BCUT2D eigenvalue weighted by atomic mass is 16.6. The van der Waals surface area contributed by atoms with Gasteiger partial charge in [-0.25, -0.2) is 0 Å². The molecule has 0 spiro atoms. The van der Waals surface area contributed by atoms with E-state index < -0.39 is 9.85 Å². The lowest BCUT2D eigenvalue weighted by Gasteiger charge is -2.08. The predicted octanol–water partition coefficient (Wildman–Crippen LogP) is 3.14. The van der Waals surface area contributed by atoms with Gasteiger partial charge in [-0.1, -0.05) is 0 Å². The van der Waals surface area contributed by atoms with Crippen LogP contribution in [0.2, 0.25) is 0 Å². The minimum atomic E-state index is -0.550. The third-order valence-corrected chi connectivity index (χ3v) is 3.50. The number of benzene rings is 2. The molecular formula is C16H12N4O7. The van der Waals surface area contributed by atoms with Crippen LogP contribution in [0, 0.1) is 20.2 Å². The van der Waals surface area contributed by atoms with Gasteiger partial charge in [0.15, 0.2) is 18.1 Å². The molecule has 1 heterocycles. The Kier molecular flexibility index (Phi) is 4.92. The van der Waals surface area contributed by atoms with Crippen LogP contribution in [-0.2, 0) is 6.61 Å². The number of methoxy groups -OCH3 is 1. The lowest BCUT2D eigenvalue weighted by Crippen LogP contribution is -1.99. The first-order valence-corrected chi connectivity index (χ1v) is 7.50. The maximum absolute atomic E-state index is 10.9. The van der Waals surface area contributed by atoms with E-state index in [4.69, 9.17) is 13.9 Å². The van der Waals surface area contributed by atoms with Crippen LogP contribution in [-0.4, -0.2) is 27.2 Å². The van der Waals surface area contributed by atoms with Gasteiger partial charge in [0.1, 0.15) is 0 Å². The first-order valence-electron chi connectivity index (χ1n) is 7.50. The molecule has 138 valence electrons. The van der Waals surface area contributed by atoms with E-state index in [1.165, 1.54) is 49.6 Å². The molecule has 0 N–H and O–H groups in total. The van der Waals surface area contributed by atoms with E-state index in [0.29, 0.717) is 11.3 Å². The smallest absolute Gasteiger partial charge is 0.273 e. The Bertz CT molecular complexity index is 985. The van der Waals surface area contributed by atoms with Gasteiger partial charge in [-0.3, -0.25) is 20.2 Å². The zero-order valence-corrected chi connectivity index (χ0v) is 13.9. The van der Waals surface area contributed by atoms with Crippen molar-refractivity contribution in [3.05, 3.63) is 68.6 Å². The fourth-order valence-corrected chi connectivity index (χ4v) is 2.19. The topological polar surface area (TPSA) is 144 Å². The van der Waals surface area contributed by atoms with E-state index in [1.54, 1.807) is 0 Å². The van der Waals surface area contributed by atoms with Crippen LogP contribution in [0.1, 0.15) is 5.89 Å². The van der Waals surface area contributed by atoms with Crippen LogP contribution < -0.4 is 9.47 Å². The van der Waals surface area contributed by atoms with Gasteiger partial charge in [-0.2, -0.15) is 0 Å². The molecule has 0 aliphatic carbocycles. The SMILES string of the molecule is COc1ccc([N+](=O)[O-])cc1OCc1nnc(-c2ccc([N+](=O)[O-])cc2)o1. The highest BCUT2D eigenvalue weighted by molar-refractivity contribution is 5.55. The number of rotatable bonds is 7. The molecular weight excluding hydrogens is 360 g/mol. The Morgan fingerprint density at radius 2 is 1.63 bits per heavy atom. The normalized spacial score (nSPS) is 10.4. The summed E-state index contributed by atoms with van der Waals surface area (Å²) in [6, 6.07) is 9.56. The molecule has 0 saturated carbocycles. The van der Waals surface area contributed by atoms with Crippen LogP contribution in [0.15, 0.2) is 46.9 Å². The fourth-order valence-electron chi connectivity index (χ4n) is 2.19. The van der Waals surface area contributed by atoms with Crippen LogP contribution in [0.3, 0.4) is 0 Å². The fraction of sp³-hybridized carbons (Fsp3) is 0.125. The molecule has 0 fully saturated rings. The van der Waals surface area contributed by atoms with Crippen molar-refractivity contribution in [2.45, 2.75) is 6.61 Å². The minimum absolute atomic E-state index is 0.0559. The lowest BCUT2D eigenvalue weighted by atomic mass is 10.2. The Hall–Kier alpha value is -4.02. The zero-order valence-electron chi connectivity index (χ0n) is 13.9. The molecule has 11 nitrogen and oxygen atoms in total. The summed E-state index contributed by atoms with van der Waals surface area (Å²) in [5.41, 5.74) is 0.301. The van der Waals surface area contributed by atoms with Gasteiger partial charge in [0.25, 0.3) is 17.3 Å². The zero-order chi connectivity index (χ0) is 19.4. The predicted molar refractivity (Wildman–Crippen MR) is 90.4 cm³/mol. The number of hydrogen-bond donors (Lipinski definition) is 0. The van der Waals surface area contributed by atoms with Crippen LogP contribution in [0.25, 0.3) is 11.5 Å². The Morgan fingerprint density at radius 3 is 2.26 bits per heavy atom. The second-order valence-corrected chi connectivity index (χ2v) is 5.19. The number of hydrogen-bond acceptors (Lipinski definition) is 9. The molecule has 0 saturated heterocycles. The Morgan fingerprint density at radius 1 is 0.963 bits per heavy atom. The van der Waals surface area contributed by atoms with Gasteiger partial charge in [0, 0.05) is 23.8 Å². The van der Waals surface area contributed by atoms with E-state index in [-0.39, 0.29) is 35.5 Å². The van der Waals surface area contributed by atoms with Gasteiger partial charge in [-0.15, -0.1) is 10.2 Å². The number of aromatic nitrogens is 2. The summed E-state index contributed by atoms with van der Waals surface area (Å²) in [5, 5.41) is 29.2. The van der Waals surface area contributed by atoms with Crippen molar-refractivity contribution in [3.63, 3.8) is 0 Å². The Labute approximate surface area is 151 Å². The molecule has 27 heavy (non-hydrogen) atoms. The average molecular weight is 372 g/mol. The molecule has 0 amide bonds. The second kappa shape index (κ2) is 7.47. The maximum atomic E-state index is 10.9. The van der Waals surface area contributed by atoms with E-state index in [9.17, 15) is 20.2 Å². The first kappa shape index (κ1) is 17.8. The summed E-state index contributed by atoms with van der Waals surface area (Å²) in [6.45, 7) is -0.141. The number of nitro benzene ring substituents is 2. The Balaban J connectivity index is 1.74. The quantitative estimate of drug-likeness (QED) is 0.451. The third kappa shape index (κ3) is 3.98. The van der Waals surface area contributed by atoms with E-state index in [1.807, 2.05) is 0 Å². The number of nitro groups is 2. The van der Waals surface area contributed by atoms with Gasteiger partial charge in [-0.05, 0) is 18.2 Å². The molecule has 0 unspecified atom stereocenters. The van der Waals surface area contributed by atoms with Crippen molar-refractivity contribution in [2.75, 3.05) is 7.11 Å². The number of non-ortho nitro benzene ring substituents is 2. The highest BCUT2D eigenvalue weighted by Gasteiger charge is 2.15. The summed E-state index contributed by atoms with van der Waals surface area (Å²) < 4.78 is 16.0. The van der Waals surface area contributed by atoms with Gasteiger partial charge >= 0.3 is 0 Å². The standard InChI is InChI=1S/C16H12N4O7/c1-25-13-7-6-12(20(23)24)8-14(13)26-9-15-17-18-16(27-15)10-2-4-11(5-3-10)19(21)22/h2-8H,9H2,1H3. The molecule has 0 radical (unpaired) electrons. The van der Waals surface area contributed by atoms with Crippen molar-refractivity contribution >= 4 is 11.4 Å². The summed E-state index contributed by atoms with van der Waals surface area (Å²) in [4.78, 5) is 20.5. The van der Waals surface area contributed by atoms with Gasteiger partial charge in [0.2, 0.25) is 5.89 Å². The monoisotopic (exact) mass is 372 g/mol. The van der Waals surface area contributed by atoms with Crippen molar-refractivity contribution in [2.24, 2.45) is 0 Å². The van der Waals surface area contributed by atoms with Crippen LogP contribution >= 0.6 is 0 Å². The van der Waals surface area contributed by atoms with Crippen LogP contribution in [0.5, 0.6) is 11.5 Å².